The summed E-state index contributed by atoms with van der Waals surface area (Å²) in [5.41, 5.74) is 7.84. The Morgan fingerprint density at radius 2 is 1.88 bits per heavy atom. The zero-order valence-electron chi connectivity index (χ0n) is 11.3. The Balaban J connectivity index is 2.71. The highest BCUT2D eigenvalue weighted by molar-refractivity contribution is 14.1. The maximum Gasteiger partial charge on any atom is 0.192 e. The quantitative estimate of drug-likeness (QED) is 0.491. The molecule has 0 aromatic heterocycles. The van der Waals surface area contributed by atoms with E-state index < -0.39 is 8.32 Å². The van der Waals surface area contributed by atoms with Crippen LogP contribution >= 0.6 is 22.6 Å². The van der Waals surface area contributed by atoms with Gasteiger partial charge in [0.25, 0.3) is 0 Å². The summed E-state index contributed by atoms with van der Waals surface area (Å²) >= 11 is 2.26. The third-order valence-electron chi connectivity index (χ3n) is 3.47. The molecule has 0 heterocycles. The van der Waals surface area contributed by atoms with Gasteiger partial charge in [-0.3, -0.25) is 0 Å². The summed E-state index contributed by atoms with van der Waals surface area (Å²) in [4.78, 5) is 0. The lowest BCUT2D eigenvalue weighted by Crippen LogP contribution is -2.40. The molecule has 0 aliphatic heterocycles. The summed E-state index contributed by atoms with van der Waals surface area (Å²) in [6.45, 7) is 12.0. The van der Waals surface area contributed by atoms with Crippen LogP contribution in [0, 0.1) is 3.57 Å². The molecule has 0 spiro atoms. The molecule has 1 rings (SSSR count). The Morgan fingerprint density at radius 3 is 2.35 bits per heavy atom. The molecule has 17 heavy (non-hydrogen) atoms. The van der Waals surface area contributed by atoms with E-state index >= 15 is 0 Å². The third kappa shape index (κ3) is 3.96. The first-order valence-corrected chi connectivity index (χ1v) is 9.80. The predicted octanol–water partition coefficient (Wildman–Crippen LogP) is 4.40. The summed E-state index contributed by atoms with van der Waals surface area (Å²) in [5.74, 6) is 0. The Hall–Kier alpha value is -0.0731. The number of nitrogens with two attached hydrogens (primary N) is 1. The lowest BCUT2D eigenvalue weighted by molar-refractivity contribution is 0.276. The number of hydrogen-bond acceptors (Lipinski definition) is 2. The molecule has 0 amide bonds. The molecule has 0 radical (unpaired) electrons. The van der Waals surface area contributed by atoms with Gasteiger partial charge in [0.05, 0.1) is 6.61 Å². The summed E-state index contributed by atoms with van der Waals surface area (Å²) in [7, 11) is -1.65. The average molecular weight is 363 g/mol. The van der Waals surface area contributed by atoms with Crippen LogP contribution in [0.3, 0.4) is 0 Å². The highest BCUT2D eigenvalue weighted by atomic mass is 127. The van der Waals surface area contributed by atoms with E-state index in [9.17, 15) is 0 Å². The molecule has 0 unspecified atom stereocenters. The van der Waals surface area contributed by atoms with Crippen molar-refractivity contribution in [3.8, 4) is 0 Å². The first-order chi connectivity index (χ1) is 7.63. The van der Waals surface area contributed by atoms with Gasteiger partial charge in [0.15, 0.2) is 8.32 Å². The normalized spacial score (nSPS) is 12.8. The number of hydrogen-bond donors (Lipinski definition) is 1. The number of rotatable bonds is 3. The molecule has 96 valence electrons. The molecule has 0 saturated carbocycles. The SMILES string of the molecule is CC(C)(C)[Si](C)(C)OCc1ccc(N)c(I)c1. The lowest BCUT2D eigenvalue weighted by atomic mass is 10.2. The predicted molar refractivity (Wildman–Crippen MR) is 85.6 cm³/mol. The van der Waals surface area contributed by atoms with Crippen molar-refractivity contribution >= 4 is 36.6 Å². The van der Waals surface area contributed by atoms with Crippen LogP contribution in [0.15, 0.2) is 18.2 Å². The van der Waals surface area contributed by atoms with Crippen molar-refractivity contribution in [2.75, 3.05) is 5.73 Å². The van der Waals surface area contributed by atoms with Gasteiger partial charge < -0.3 is 10.2 Å². The van der Waals surface area contributed by atoms with E-state index in [4.69, 9.17) is 10.2 Å². The smallest absolute Gasteiger partial charge is 0.192 e. The minimum atomic E-state index is -1.65. The molecule has 0 bridgehead atoms. The van der Waals surface area contributed by atoms with E-state index in [1.165, 1.54) is 5.56 Å². The fourth-order valence-corrected chi connectivity index (χ4v) is 2.68. The minimum absolute atomic E-state index is 0.258. The highest BCUT2D eigenvalue weighted by Crippen LogP contribution is 2.37. The van der Waals surface area contributed by atoms with E-state index in [0.717, 1.165) is 9.26 Å². The van der Waals surface area contributed by atoms with Crippen LogP contribution in [0.2, 0.25) is 18.1 Å². The first-order valence-electron chi connectivity index (χ1n) is 5.81. The van der Waals surface area contributed by atoms with E-state index in [1.807, 2.05) is 12.1 Å². The molecule has 0 aliphatic carbocycles. The van der Waals surface area contributed by atoms with Crippen molar-refractivity contribution in [3.05, 3.63) is 27.3 Å². The van der Waals surface area contributed by atoms with Gasteiger partial charge in [0.1, 0.15) is 0 Å². The van der Waals surface area contributed by atoms with Crippen LogP contribution in [-0.2, 0) is 11.0 Å². The molecule has 1 aromatic carbocycles. The maximum atomic E-state index is 6.17. The molecular formula is C13H22INOSi. The minimum Gasteiger partial charge on any atom is -0.413 e. The van der Waals surface area contributed by atoms with Crippen molar-refractivity contribution in [2.45, 2.75) is 45.5 Å². The Kier molecular flexibility index (Phi) is 4.65. The maximum absolute atomic E-state index is 6.17. The summed E-state index contributed by atoms with van der Waals surface area (Å²) in [5, 5.41) is 0.258. The number of halogens is 1. The van der Waals surface area contributed by atoms with Gasteiger partial charge in [0, 0.05) is 9.26 Å². The number of benzene rings is 1. The molecule has 2 N–H and O–H groups in total. The highest BCUT2D eigenvalue weighted by Gasteiger charge is 2.36. The largest absolute Gasteiger partial charge is 0.413 e. The van der Waals surface area contributed by atoms with E-state index in [2.05, 4.69) is 62.5 Å². The molecule has 4 heteroatoms. The number of anilines is 1. The van der Waals surface area contributed by atoms with Crippen molar-refractivity contribution in [1.29, 1.82) is 0 Å². The molecule has 0 saturated heterocycles. The van der Waals surface area contributed by atoms with Gasteiger partial charge in [0.2, 0.25) is 0 Å². The number of nitrogen functional groups attached to an aromatic ring is 1. The summed E-state index contributed by atoms with van der Waals surface area (Å²) in [6, 6.07) is 6.10. The Bertz CT molecular complexity index is 399. The molecular weight excluding hydrogens is 341 g/mol. The van der Waals surface area contributed by atoms with Crippen molar-refractivity contribution in [1.82, 2.24) is 0 Å². The molecule has 0 aliphatic rings. The van der Waals surface area contributed by atoms with Crippen LogP contribution in [0.25, 0.3) is 0 Å². The third-order valence-corrected chi connectivity index (χ3v) is 8.88. The van der Waals surface area contributed by atoms with Gasteiger partial charge >= 0.3 is 0 Å². The van der Waals surface area contributed by atoms with Crippen LogP contribution in [0.4, 0.5) is 5.69 Å². The zero-order valence-corrected chi connectivity index (χ0v) is 14.5. The standard InChI is InChI=1S/C13H22INOSi/c1-13(2,3)17(4,5)16-9-10-6-7-12(15)11(14)8-10/h6-8H,9,15H2,1-5H3. The van der Waals surface area contributed by atoms with Crippen molar-refractivity contribution in [2.24, 2.45) is 0 Å². The zero-order chi connectivity index (χ0) is 13.3. The summed E-state index contributed by atoms with van der Waals surface area (Å²) < 4.78 is 7.27. The first kappa shape index (κ1) is 15.0. The second kappa shape index (κ2) is 5.28. The fraction of sp³-hybridized carbons (Fsp3) is 0.538. The Morgan fingerprint density at radius 1 is 1.29 bits per heavy atom. The fourth-order valence-electron chi connectivity index (χ4n) is 1.14. The van der Waals surface area contributed by atoms with Gasteiger partial charge in [-0.25, -0.2) is 0 Å². The van der Waals surface area contributed by atoms with Crippen molar-refractivity contribution < 1.29 is 4.43 Å². The van der Waals surface area contributed by atoms with Crippen LogP contribution in [0.5, 0.6) is 0 Å². The van der Waals surface area contributed by atoms with Gasteiger partial charge in [-0.1, -0.05) is 26.8 Å². The van der Waals surface area contributed by atoms with Crippen LogP contribution in [-0.4, -0.2) is 8.32 Å². The summed E-state index contributed by atoms with van der Waals surface area (Å²) in [6.07, 6.45) is 0. The van der Waals surface area contributed by atoms with Gasteiger partial charge in [-0.05, 0) is 58.4 Å². The monoisotopic (exact) mass is 363 g/mol. The second-order valence-electron chi connectivity index (χ2n) is 5.90. The molecule has 0 fully saturated rings. The Labute approximate surface area is 119 Å². The van der Waals surface area contributed by atoms with Gasteiger partial charge in [-0.2, -0.15) is 0 Å². The second-order valence-corrected chi connectivity index (χ2v) is 11.9. The average Bonchev–Trinajstić information content (AvgIpc) is 2.18. The van der Waals surface area contributed by atoms with Crippen molar-refractivity contribution in [3.63, 3.8) is 0 Å². The molecule has 0 atom stereocenters. The van der Waals surface area contributed by atoms with Gasteiger partial charge in [-0.15, -0.1) is 0 Å². The van der Waals surface area contributed by atoms with Crippen LogP contribution in [0.1, 0.15) is 26.3 Å². The van der Waals surface area contributed by atoms with Crippen LogP contribution < -0.4 is 5.73 Å². The topological polar surface area (TPSA) is 35.2 Å². The van der Waals surface area contributed by atoms with E-state index in [1.54, 1.807) is 0 Å². The molecule has 2 nitrogen and oxygen atoms in total. The lowest BCUT2D eigenvalue weighted by Gasteiger charge is -2.36. The molecule has 1 aromatic rings. The van der Waals surface area contributed by atoms with E-state index in [-0.39, 0.29) is 5.04 Å². The van der Waals surface area contributed by atoms with E-state index in [0.29, 0.717) is 6.61 Å².